The molecule has 1 aromatic heterocycles. The fourth-order valence-electron chi connectivity index (χ4n) is 5.77. The molecule has 4 aliphatic rings. The maximum absolute atomic E-state index is 10.3. The Morgan fingerprint density at radius 1 is 1.33 bits per heavy atom. The molecule has 4 heteroatoms. The lowest BCUT2D eigenvalue weighted by Gasteiger charge is -2.54. The van der Waals surface area contributed by atoms with Crippen LogP contribution in [0.2, 0.25) is 0 Å². The van der Waals surface area contributed by atoms with Crippen LogP contribution in [0.4, 0.5) is 0 Å². The highest BCUT2D eigenvalue weighted by atomic mass is 16.5. The molecule has 4 nitrogen and oxygen atoms in total. The number of aromatic amines is 1. The van der Waals surface area contributed by atoms with Crippen LogP contribution in [0.1, 0.15) is 36.9 Å². The van der Waals surface area contributed by atoms with Gasteiger partial charge in [0, 0.05) is 47.6 Å². The predicted molar refractivity (Wildman–Crippen MR) is 94.6 cm³/mol. The van der Waals surface area contributed by atoms with Crippen LogP contribution in [0.25, 0.3) is 10.9 Å². The summed E-state index contributed by atoms with van der Waals surface area (Å²) in [6.45, 7) is 4.31. The summed E-state index contributed by atoms with van der Waals surface area (Å²) in [5, 5.41) is 11.7. The van der Waals surface area contributed by atoms with E-state index in [4.69, 9.17) is 4.74 Å². The van der Waals surface area contributed by atoms with E-state index in [1.165, 1.54) is 41.5 Å². The first-order chi connectivity index (χ1) is 11.7. The Labute approximate surface area is 142 Å². The lowest BCUT2D eigenvalue weighted by atomic mass is 9.64. The number of ether oxygens (including phenoxy) is 1. The largest absolute Gasteiger partial charge is 0.497 e. The third-order valence-corrected chi connectivity index (χ3v) is 6.74. The van der Waals surface area contributed by atoms with E-state index in [0.29, 0.717) is 17.9 Å². The first-order valence-corrected chi connectivity index (χ1v) is 9.26. The number of H-pyrrole nitrogens is 1. The molecule has 24 heavy (non-hydrogen) atoms. The monoisotopic (exact) mass is 326 g/mol. The molecule has 2 saturated heterocycles. The number of aromatic nitrogens is 1. The average molecular weight is 326 g/mol. The van der Waals surface area contributed by atoms with Crippen molar-refractivity contribution in [3.8, 4) is 5.75 Å². The third kappa shape index (κ3) is 1.99. The fourth-order valence-corrected chi connectivity index (χ4v) is 5.77. The van der Waals surface area contributed by atoms with E-state index in [0.717, 1.165) is 24.6 Å². The van der Waals surface area contributed by atoms with Gasteiger partial charge in [0.05, 0.1) is 13.2 Å². The molecule has 6 rings (SSSR count). The summed E-state index contributed by atoms with van der Waals surface area (Å²) in [5.41, 5.74) is 4.14. The number of hydrogen-bond acceptors (Lipinski definition) is 3. The predicted octanol–water partition coefficient (Wildman–Crippen LogP) is 2.91. The van der Waals surface area contributed by atoms with Crippen molar-refractivity contribution in [2.24, 2.45) is 11.8 Å². The number of fused-ring (bicyclic) bond motifs is 4. The van der Waals surface area contributed by atoms with Gasteiger partial charge < -0.3 is 14.8 Å². The Bertz CT molecular complexity index is 781. The van der Waals surface area contributed by atoms with Crippen molar-refractivity contribution in [1.29, 1.82) is 0 Å². The maximum Gasteiger partial charge on any atom is 0.119 e. The number of methoxy groups -OCH3 is 1. The first-order valence-electron chi connectivity index (χ1n) is 9.26. The van der Waals surface area contributed by atoms with Crippen LogP contribution < -0.4 is 4.74 Å². The van der Waals surface area contributed by atoms with Gasteiger partial charge in [-0.1, -0.05) is 0 Å². The summed E-state index contributed by atoms with van der Waals surface area (Å²) in [6, 6.07) is 6.86. The summed E-state index contributed by atoms with van der Waals surface area (Å²) >= 11 is 0. The standard InChI is InChI=1S/C20H26N2O2/c1-11(23)15-7-12-8-17-19-14(5-6-22(10-12)20(15)17)16-9-13(24-2)3-4-18(16)21-19/h3-4,9,11-12,15,17,20-21,23H,5-8,10H2,1-2H3/t11?,12-,15+,17+,20+/m1/s1. The summed E-state index contributed by atoms with van der Waals surface area (Å²) in [4.78, 5) is 6.41. The van der Waals surface area contributed by atoms with Gasteiger partial charge in [0.1, 0.15) is 5.75 Å². The van der Waals surface area contributed by atoms with Gasteiger partial charge in [0.15, 0.2) is 0 Å². The molecule has 1 aliphatic carbocycles. The number of aliphatic hydroxyl groups is 1. The van der Waals surface area contributed by atoms with E-state index in [-0.39, 0.29) is 6.10 Å². The molecule has 3 aliphatic heterocycles. The van der Waals surface area contributed by atoms with E-state index in [1.807, 2.05) is 13.0 Å². The van der Waals surface area contributed by atoms with E-state index in [2.05, 4.69) is 22.0 Å². The number of rotatable bonds is 2. The minimum Gasteiger partial charge on any atom is -0.497 e. The molecule has 2 unspecified atom stereocenters. The smallest absolute Gasteiger partial charge is 0.119 e. The second-order valence-corrected chi connectivity index (χ2v) is 8.01. The minimum absolute atomic E-state index is 0.214. The zero-order valence-electron chi connectivity index (χ0n) is 14.5. The van der Waals surface area contributed by atoms with E-state index in [1.54, 1.807) is 7.11 Å². The zero-order chi connectivity index (χ0) is 16.4. The van der Waals surface area contributed by atoms with Gasteiger partial charge in [-0.15, -0.1) is 0 Å². The number of nitrogens with one attached hydrogen (secondary N) is 1. The van der Waals surface area contributed by atoms with E-state index >= 15 is 0 Å². The lowest BCUT2D eigenvalue weighted by molar-refractivity contribution is -0.0580. The highest BCUT2D eigenvalue weighted by Gasteiger charge is 2.50. The molecule has 4 bridgehead atoms. The summed E-state index contributed by atoms with van der Waals surface area (Å²) in [6.07, 6.45) is 3.34. The number of nitrogens with zero attached hydrogens (tertiary/aromatic N) is 1. The lowest BCUT2D eigenvalue weighted by Crippen LogP contribution is -2.58. The molecule has 128 valence electrons. The van der Waals surface area contributed by atoms with Crippen molar-refractivity contribution in [3.05, 3.63) is 29.5 Å². The van der Waals surface area contributed by atoms with Crippen molar-refractivity contribution >= 4 is 10.9 Å². The molecule has 4 heterocycles. The van der Waals surface area contributed by atoms with Gasteiger partial charge in [-0.25, -0.2) is 0 Å². The molecular formula is C20H26N2O2. The van der Waals surface area contributed by atoms with Crippen molar-refractivity contribution in [2.45, 2.75) is 44.2 Å². The van der Waals surface area contributed by atoms with Gasteiger partial charge in [0.2, 0.25) is 0 Å². The Morgan fingerprint density at radius 3 is 3.00 bits per heavy atom. The SMILES string of the molecule is COc1ccc2[nH]c3c(c2c1)CCN1C[C@H]2C[C@@H]3[C@@H]1[C@H](C(C)O)C2. The van der Waals surface area contributed by atoms with Crippen molar-refractivity contribution < 1.29 is 9.84 Å². The average Bonchev–Trinajstić information content (AvgIpc) is 2.92. The molecule has 2 aromatic rings. The third-order valence-electron chi connectivity index (χ3n) is 6.74. The minimum atomic E-state index is -0.214. The van der Waals surface area contributed by atoms with Crippen LogP contribution in [0, 0.1) is 11.8 Å². The first kappa shape index (κ1) is 14.8. The number of benzene rings is 1. The molecule has 3 fully saturated rings. The van der Waals surface area contributed by atoms with Crippen LogP contribution in [-0.4, -0.2) is 47.3 Å². The van der Waals surface area contributed by atoms with Gasteiger partial charge in [-0.3, -0.25) is 4.90 Å². The van der Waals surface area contributed by atoms with Crippen molar-refractivity contribution in [3.63, 3.8) is 0 Å². The molecule has 1 aromatic carbocycles. The molecule has 1 saturated carbocycles. The van der Waals surface area contributed by atoms with Crippen LogP contribution >= 0.6 is 0 Å². The van der Waals surface area contributed by atoms with E-state index < -0.39 is 0 Å². The van der Waals surface area contributed by atoms with Crippen molar-refractivity contribution in [1.82, 2.24) is 9.88 Å². The van der Waals surface area contributed by atoms with Crippen molar-refractivity contribution in [2.75, 3.05) is 20.2 Å². The molecule has 0 amide bonds. The molecule has 2 N–H and O–H groups in total. The second kappa shape index (κ2) is 5.24. The number of aliphatic hydroxyl groups excluding tert-OH is 1. The highest BCUT2D eigenvalue weighted by molar-refractivity contribution is 5.86. The van der Waals surface area contributed by atoms with Crippen LogP contribution in [-0.2, 0) is 6.42 Å². The molecule has 0 radical (unpaired) electrons. The summed E-state index contributed by atoms with van der Waals surface area (Å²) in [7, 11) is 1.73. The second-order valence-electron chi connectivity index (χ2n) is 8.01. The Morgan fingerprint density at radius 2 is 2.21 bits per heavy atom. The van der Waals surface area contributed by atoms with E-state index in [9.17, 15) is 5.11 Å². The summed E-state index contributed by atoms with van der Waals surface area (Å²) < 4.78 is 5.44. The van der Waals surface area contributed by atoms with Crippen LogP contribution in [0.5, 0.6) is 5.75 Å². The maximum atomic E-state index is 10.3. The normalized spacial score (nSPS) is 35.5. The van der Waals surface area contributed by atoms with Gasteiger partial charge in [0.25, 0.3) is 0 Å². The Kier molecular flexibility index (Phi) is 3.23. The van der Waals surface area contributed by atoms with Gasteiger partial charge in [-0.2, -0.15) is 0 Å². The quantitative estimate of drug-likeness (QED) is 0.892. The zero-order valence-corrected chi connectivity index (χ0v) is 14.5. The highest BCUT2D eigenvalue weighted by Crippen LogP contribution is 2.51. The fraction of sp³-hybridized carbons (Fsp3) is 0.600. The summed E-state index contributed by atoms with van der Waals surface area (Å²) in [5.74, 6) is 2.61. The molecular weight excluding hydrogens is 300 g/mol. The van der Waals surface area contributed by atoms with Gasteiger partial charge in [-0.05, 0) is 55.9 Å². The topological polar surface area (TPSA) is 48.5 Å². The number of piperidine rings is 2. The Balaban J connectivity index is 1.65. The molecule has 6 atom stereocenters. The van der Waals surface area contributed by atoms with Crippen LogP contribution in [0.3, 0.4) is 0 Å². The molecule has 0 spiro atoms. The van der Waals surface area contributed by atoms with Gasteiger partial charge >= 0.3 is 0 Å². The van der Waals surface area contributed by atoms with Crippen LogP contribution in [0.15, 0.2) is 18.2 Å². The Hall–Kier alpha value is -1.52. The number of hydrogen-bond donors (Lipinski definition) is 2.